The number of aryl methyl sites for hydroxylation is 1. The number of nitrogens with zero attached hydrogens (tertiary/aromatic N) is 3. The van der Waals surface area contributed by atoms with Crippen molar-refractivity contribution >= 4 is 11.6 Å². The molecule has 1 unspecified atom stereocenters. The van der Waals surface area contributed by atoms with Gasteiger partial charge in [-0.25, -0.2) is 9.97 Å². The van der Waals surface area contributed by atoms with Crippen LogP contribution in [-0.2, 0) is 0 Å². The fraction of sp³-hybridized carbons (Fsp3) is 0.667. The third-order valence-corrected chi connectivity index (χ3v) is 2.75. The zero-order valence-electron chi connectivity index (χ0n) is 10.9. The van der Waals surface area contributed by atoms with Crippen LogP contribution in [0.15, 0.2) is 6.07 Å². The van der Waals surface area contributed by atoms with Crippen molar-refractivity contribution in [3.63, 3.8) is 0 Å². The van der Waals surface area contributed by atoms with Gasteiger partial charge >= 0.3 is 0 Å². The summed E-state index contributed by atoms with van der Waals surface area (Å²) in [6.45, 7) is 7.41. The van der Waals surface area contributed by atoms with E-state index in [4.69, 9.17) is 0 Å². The Morgan fingerprint density at radius 1 is 1.44 bits per heavy atom. The van der Waals surface area contributed by atoms with Gasteiger partial charge in [-0.1, -0.05) is 20.3 Å². The Hall–Kier alpha value is -1.32. The van der Waals surface area contributed by atoms with Gasteiger partial charge in [-0.15, -0.1) is 0 Å². The van der Waals surface area contributed by atoms with Gasteiger partial charge in [0.15, 0.2) is 0 Å². The average Bonchev–Trinajstić information content (AvgIpc) is 2.27. The van der Waals surface area contributed by atoms with Gasteiger partial charge in [0.1, 0.15) is 17.5 Å². The summed E-state index contributed by atoms with van der Waals surface area (Å²) in [7, 11) is 3.95. The first-order valence-electron chi connectivity index (χ1n) is 5.81. The monoisotopic (exact) mass is 222 g/mol. The number of hydrogen-bond donors (Lipinski definition) is 1. The molecule has 0 amide bonds. The summed E-state index contributed by atoms with van der Waals surface area (Å²) in [6, 6.07) is 1.98. The molecule has 1 heterocycles. The minimum atomic E-state index is 0.679. The highest BCUT2D eigenvalue weighted by Gasteiger charge is 2.08. The molecular formula is C12H22N4. The van der Waals surface area contributed by atoms with E-state index in [0.717, 1.165) is 24.0 Å². The van der Waals surface area contributed by atoms with Crippen LogP contribution in [-0.4, -0.2) is 30.6 Å². The second kappa shape index (κ2) is 5.68. The van der Waals surface area contributed by atoms with Gasteiger partial charge < -0.3 is 10.2 Å². The first-order chi connectivity index (χ1) is 7.56. The summed E-state index contributed by atoms with van der Waals surface area (Å²) >= 11 is 0. The molecule has 0 spiro atoms. The molecule has 1 rings (SSSR count). The Morgan fingerprint density at radius 2 is 2.12 bits per heavy atom. The van der Waals surface area contributed by atoms with Crippen LogP contribution in [0.1, 0.15) is 26.1 Å². The molecule has 0 aliphatic rings. The molecule has 1 aromatic rings. The van der Waals surface area contributed by atoms with Gasteiger partial charge in [0, 0.05) is 26.7 Å². The summed E-state index contributed by atoms with van der Waals surface area (Å²) in [5.41, 5.74) is 0. The third kappa shape index (κ3) is 3.36. The molecule has 1 N–H and O–H groups in total. The van der Waals surface area contributed by atoms with Crippen LogP contribution in [0, 0.1) is 12.8 Å². The van der Waals surface area contributed by atoms with Crippen molar-refractivity contribution in [1.29, 1.82) is 0 Å². The lowest BCUT2D eigenvalue weighted by Crippen LogP contribution is -2.25. The van der Waals surface area contributed by atoms with E-state index < -0.39 is 0 Å². The third-order valence-electron chi connectivity index (χ3n) is 2.75. The molecule has 0 fully saturated rings. The predicted octanol–water partition coefficient (Wildman–Crippen LogP) is 2.31. The molecule has 0 saturated heterocycles. The van der Waals surface area contributed by atoms with E-state index in [2.05, 4.69) is 41.1 Å². The van der Waals surface area contributed by atoms with Crippen LogP contribution in [0.25, 0.3) is 0 Å². The predicted molar refractivity (Wildman–Crippen MR) is 69.0 cm³/mol. The molecule has 16 heavy (non-hydrogen) atoms. The van der Waals surface area contributed by atoms with Crippen molar-refractivity contribution in [1.82, 2.24) is 9.97 Å². The maximum atomic E-state index is 4.44. The maximum absolute atomic E-state index is 4.44. The smallest absolute Gasteiger partial charge is 0.134 e. The van der Waals surface area contributed by atoms with Gasteiger partial charge in [-0.05, 0) is 12.8 Å². The van der Waals surface area contributed by atoms with E-state index in [9.17, 15) is 0 Å². The number of anilines is 2. The minimum absolute atomic E-state index is 0.679. The summed E-state index contributed by atoms with van der Waals surface area (Å²) in [4.78, 5) is 10.9. The highest BCUT2D eigenvalue weighted by atomic mass is 15.2. The van der Waals surface area contributed by atoms with Crippen molar-refractivity contribution in [2.45, 2.75) is 27.2 Å². The fourth-order valence-corrected chi connectivity index (χ4v) is 1.57. The quantitative estimate of drug-likeness (QED) is 0.830. The van der Waals surface area contributed by atoms with Gasteiger partial charge in [-0.2, -0.15) is 0 Å². The van der Waals surface area contributed by atoms with Crippen molar-refractivity contribution in [3.8, 4) is 0 Å². The largest absolute Gasteiger partial charge is 0.373 e. The molecule has 4 nitrogen and oxygen atoms in total. The second-order valence-corrected chi connectivity index (χ2v) is 4.30. The van der Waals surface area contributed by atoms with Crippen LogP contribution >= 0.6 is 0 Å². The SMILES string of the molecule is CCC(C)CN(C)c1cc(NC)nc(C)n1. The zero-order valence-corrected chi connectivity index (χ0v) is 10.9. The van der Waals surface area contributed by atoms with E-state index in [0.29, 0.717) is 5.92 Å². The van der Waals surface area contributed by atoms with E-state index in [1.165, 1.54) is 6.42 Å². The lowest BCUT2D eigenvalue weighted by molar-refractivity contribution is 0.557. The van der Waals surface area contributed by atoms with Gasteiger partial charge in [-0.3, -0.25) is 0 Å². The fourth-order valence-electron chi connectivity index (χ4n) is 1.57. The Kier molecular flexibility index (Phi) is 4.52. The van der Waals surface area contributed by atoms with Crippen LogP contribution in [0.5, 0.6) is 0 Å². The van der Waals surface area contributed by atoms with Gasteiger partial charge in [0.2, 0.25) is 0 Å². The molecule has 0 aliphatic heterocycles. The van der Waals surface area contributed by atoms with Crippen molar-refractivity contribution < 1.29 is 0 Å². The highest BCUT2D eigenvalue weighted by molar-refractivity contribution is 5.48. The number of rotatable bonds is 5. The van der Waals surface area contributed by atoms with Crippen molar-refractivity contribution in [2.24, 2.45) is 5.92 Å². The second-order valence-electron chi connectivity index (χ2n) is 4.30. The molecule has 0 radical (unpaired) electrons. The summed E-state index contributed by atoms with van der Waals surface area (Å²) in [5.74, 6) is 3.34. The topological polar surface area (TPSA) is 41.0 Å². The standard InChI is InChI=1S/C12H22N4/c1-6-9(2)8-16(5)12-7-11(13-4)14-10(3)15-12/h7,9H,6,8H2,1-5H3,(H,13,14,15). The Morgan fingerprint density at radius 3 is 2.69 bits per heavy atom. The maximum Gasteiger partial charge on any atom is 0.134 e. The molecule has 90 valence electrons. The van der Waals surface area contributed by atoms with Crippen LogP contribution in [0.4, 0.5) is 11.6 Å². The Labute approximate surface area is 98.1 Å². The van der Waals surface area contributed by atoms with E-state index >= 15 is 0 Å². The van der Waals surface area contributed by atoms with Crippen molar-refractivity contribution in [2.75, 3.05) is 30.9 Å². The first-order valence-corrected chi connectivity index (χ1v) is 5.81. The average molecular weight is 222 g/mol. The Bertz CT molecular complexity index is 338. The zero-order chi connectivity index (χ0) is 12.1. The van der Waals surface area contributed by atoms with E-state index in [1.54, 1.807) is 0 Å². The van der Waals surface area contributed by atoms with Gasteiger partial charge in [0.25, 0.3) is 0 Å². The van der Waals surface area contributed by atoms with Crippen molar-refractivity contribution in [3.05, 3.63) is 11.9 Å². The van der Waals surface area contributed by atoms with Gasteiger partial charge in [0.05, 0.1) is 0 Å². The number of hydrogen-bond acceptors (Lipinski definition) is 4. The van der Waals surface area contributed by atoms with Crippen LogP contribution < -0.4 is 10.2 Å². The van der Waals surface area contributed by atoms with Crippen LogP contribution in [0.2, 0.25) is 0 Å². The Balaban J connectivity index is 2.82. The first kappa shape index (κ1) is 12.7. The van der Waals surface area contributed by atoms with Crippen LogP contribution in [0.3, 0.4) is 0 Å². The molecule has 0 bridgehead atoms. The molecule has 0 saturated carbocycles. The van der Waals surface area contributed by atoms with E-state index in [-0.39, 0.29) is 0 Å². The molecule has 1 atom stereocenters. The molecule has 4 heteroatoms. The number of nitrogens with one attached hydrogen (secondary N) is 1. The lowest BCUT2D eigenvalue weighted by atomic mass is 10.1. The molecule has 1 aromatic heterocycles. The molecular weight excluding hydrogens is 200 g/mol. The minimum Gasteiger partial charge on any atom is -0.373 e. The summed E-state index contributed by atoms with van der Waals surface area (Å²) in [5, 5.41) is 3.05. The molecule has 0 aliphatic carbocycles. The summed E-state index contributed by atoms with van der Waals surface area (Å²) in [6.07, 6.45) is 1.19. The number of aromatic nitrogens is 2. The molecule has 0 aromatic carbocycles. The summed E-state index contributed by atoms with van der Waals surface area (Å²) < 4.78 is 0. The highest BCUT2D eigenvalue weighted by Crippen LogP contribution is 2.16. The lowest BCUT2D eigenvalue weighted by Gasteiger charge is -2.22. The van der Waals surface area contributed by atoms with E-state index in [1.807, 2.05) is 20.0 Å². The normalized spacial score (nSPS) is 12.3.